The van der Waals surface area contributed by atoms with E-state index in [2.05, 4.69) is 20.8 Å². The summed E-state index contributed by atoms with van der Waals surface area (Å²) in [5.74, 6) is 5.62. The third kappa shape index (κ3) is 2.81. The molecule has 0 aliphatic carbocycles. The minimum Gasteiger partial charge on any atom is -0.271 e. The summed E-state index contributed by atoms with van der Waals surface area (Å²) in [7, 11) is 1.67. The summed E-state index contributed by atoms with van der Waals surface area (Å²) in [6.07, 6.45) is 0.412. The zero-order valence-electron chi connectivity index (χ0n) is 9.64. The fourth-order valence-corrected chi connectivity index (χ4v) is 1.93. The molecular weight excluding hydrogens is 259 g/mol. The van der Waals surface area contributed by atoms with Crippen LogP contribution in [-0.4, -0.2) is 20.2 Å². The molecule has 96 valence electrons. The Bertz CT molecular complexity index is 543. The summed E-state index contributed by atoms with van der Waals surface area (Å²) in [5.41, 5.74) is 3.30. The maximum absolute atomic E-state index is 13.0. The lowest BCUT2D eigenvalue weighted by molar-refractivity contribution is 0.534. The highest BCUT2D eigenvalue weighted by Crippen LogP contribution is 2.25. The number of aromatic nitrogens is 4. The Morgan fingerprint density at radius 2 is 2.33 bits per heavy atom. The van der Waals surface area contributed by atoms with Crippen molar-refractivity contribution in [3.63, 3.8) is 0 Å². The van der Waals surface area contributed by atoms with Crippen molar-refractivity contribution in [2.24, 2.45) is 12.9 Å². The Morgan fingerprint density at radius 1 is 1.56 bits per heavy atom. The van der Waals surface area contributed by atoms with Crippen LogP contribution in [0.15, 0.2) is 18.2 Å². The predicted octanol–water partition coefficient (Wildman–Crippen LogP) is 0.750. The monoisotopic (exact) mass is 270 g/mol. The van der Waals surface area contributed by atoms with Gasteiger partial charge in [0, 0.05) is 11.4 Å². The van der Waals surface area contributed by atoms with Gasteiger partial charge in [0.2, 0.25) is 0 Å². The molecule has 0 radical (unpaired) electrons. The summed E-state index contributed by atoms with van der Waals surface area (Å²) in [6, 6.07) is 3.85. The Kier molecular flexibility index (Phi) is 3.85. The number of halogens is 2. The smallest absolute Gasteiger partial charge is 0.176 e. The van der Waals surface area contributed by atoms with E-state index >= 15 is 0 Å². The lowest BCUT2D eigenvalue weighted by Gasteiger charge is -2.15. The van der Waals surface area contributed by atoms with Gasteiger partial charge in [0.15, 0.2) is 5.82 Å². The van der Waals surface area contributed by atoms with Crippen LogP contribution in [0.5, 0.6) is 0 Å². The number of aryl methyl sites for hydroxylation is 1. The largest absolute Gasteiger partial charge is 0.271 e. The SMILES string of the molecule is Cn1nnc(CC(NN)c2ccc(F)cc2Cl)n1. The van der Waals surface area contributed by atoms with Gasteiger partial charge in [-0.25, -0.2) is 4.39 Å². The average Bonchev–Trinajstić information content (AvgIpc) is 2.72. The lowest BCUT2D eigenvalue weighted by Crippen LogP contribution is -2.30. The molecule has 1 heterocycles. The summed E-state index contributed by atoms with van der Waals surface area (Å²) in [5, 5.41) is 12.0. The van der Waals surface area contributed by atoms with Crippen LogP contribution in [0, 0.1) is 5.82 Å². The van der Waals surface area contributed by atoms with Crippen molar-refractivity contribution in [2.45, 2.75) is 12.5 Å². The van der Waals surface area contributed by atoms with Crippen molar-refractivity contribution in [1.82, 2.24) is 25.6 Å². The van der Waals surface area contributed by atoms with Crippen LogP contribution in [0.2, 0.25) is 5.02 Å². The van der Waals surface area contributed by atoms with E-state index < -0.39 is 5.82 Å². The van der Waals surface area contributed by atoms with Gasteiger partial charge in [0.1, 0.15) is 5.82 Å². The number of hydrogen-bond acceptors (Lipinski definition) is 5. The van der Waals surface area contributed by atoms with Crippen molar-refractivity contribution in [3.05, 3.63) is 40.4 Å². The molecule has 18 heavy (non-hydrogen) atoms. The molecule has 0 aliphatic rings. The second-order valence-corrected chi connectivity index (χ2v) is 4.19. The van der Waals surface area contributed by atoms with Gasteiger partial charge in [-0.1, -0.05) is 17.7 Å². The van der Waals surface area contributed by atoms with Crippen LogP contribution in [0.1, 0.15) is 17.4 Å². The summed E-state index contributed by atoms with van der Waals surface area (Å²) in [4.78, 5) is 1.36. The number of nitrogens with one attached hydrogen (secondary N) is 1. The first-order valence-electron chi connectivity index (χ1n) is 5.24. The van der Waals surface area contributed by atoms with Gasteiger partial charge < -0.3 is 0 Å². The summed E-state index contributed by atoms with van der Waals surface area (Å²) in [6.45, 7) is 0. The molecule has 6 nitrogen and oxygen atoms in total. The van der Waals surface area contributed by atoms with E-state index in [1.165, 1.54) is 16.9 Å². The van der Waals surface area contributed by atoms with Crippen LogP contribution in [-0.2, 0) is 13.5 Å². The van der Waals surface area contributed by atoms with Gasteiger partial charge in [-0.05, 0) is 22.9 Å². The van der Waals surface area contributed by atoms with Crippen LogP contribution in [0.25, 0.3) is 0 Å². The van der Waals surface area contributed by atoms with Gasteiger partial charge in [-0.2, -0.15) is 4.80 Å². The molecule has 1 atom stereocenters. The summed E-state index contributed by atoms with van der Waals surface area (Å²) < 4.78 is 13.0. The minimum atomic E-state index is -0.392. The van der Waals surface area contributed by atoms with Gasteiger partial charge in [0.05, 0.1) is 13.1 Å². The maximum Gasteiger partial charge on any atom is 0.176 e. The normalized spacial score (nSPS) is 12.7. The highest BCUT2D eigenvalue weighted by atomic mass is 35.5. The van der Waals surface area contributed by atoms with E-state index in [1.807, 2.05) is 0 Å². The topological polar surface area (TPSA) is 81.7 Å². The Morgan fingerprint density at radius 3 is 2.89 bits per heavy atom. The Balaban J connectivity index is 2.22. The number of rotatable bonds is 4. The van der Waals surface area contributed by atoms with E-state index in [9.17, 15) is 4.39 Å². The fourth-order valence-electron chi connectivity index (χ4n) is 1.63. The zero-order valence-corrected chi connectivity index (χ0v) is 10.4. The first-order valence-corrected chi connectivity index (χ1v) is 5.62. The van der Waals surface area contributed by atoms with Crippen LogP contribution in [0.3, 0.4) is 0 Å². The van der Waals surface area contributed by atoms with Crippen molar-refractivity contribution >= 4 is 11.6 Å². The van der Waals surface area contributed by atoms with Gasteiger partial charge >= 0.3 is 0 Å². The van der Waals surface area contributed by atoms with Gasteiger partial charge in [-0.15, -0.1) is 10.2 Å². The Hall–Kier alpha value is -1.57. The first-order chi connectivity index (χ1) is 8.60. The molecule has 0 spiro atoms. The molecule has 0 bridgehead atoms. The molecule has 0 saturated carbocycles. The fraction of sp³-hybridized carbons (Fsp3) is 0.300. The van der Waals surface area contributed by atoms with E-state index in [4.69, 9.17) is 17.4 Å². The van der Waals surface area contributed by atoms with Gasteiger partial charge in [0.25, 0.3) is 0 Å². The molecule has 0 fully saturated rings. The standard InChI is InChI=1S/C10H12ClFN6/c1-18-16-10(15-17-18)5-9(14-13)7-3-2-6(12)4-8(7)11/h2-4,9,14H,5,13H2,1H3. The van der Waals surface area contributed by atoms with Crippen molar-refractivity contribution in [3.8, 4) is 0 Å². The van der Waals surface area contributed by atoms with E-state index in [-0.39, 0.29) is 6.04 Å². The minimum absolute atomic E-state index is 0.303. The lowest BCUT2D eigenvalue weighted by atomic mass is 10.0. The highest BCUT2D eigenvalue weighted by Gasteiger charge is 2.17. The van der Waals surface area contributed by atoms with Crippen molar-refractivity contribution in [2.75, 3.05) is 0 Å². The zero-order chi connectivity index (χ0) is 13.1. The molecule has 3 N–H and O–H groups in total. The second-order valence-electron chi connectivity index (χ2n) is 3.78. The first kappa shape index (κ1) is 12.9. The molecule has 2 aromatic rings. The maximum atomic E-state index is 13.0. The molecular formula is C10H12ClFN6. The third-order valence-electron chi connectivity index (χ3n) is 2.48. The summed E-state index contributed by atoms with van der Waals surface area (Å²) >= 11 is 5.98. The third-order valence-corrected chi connectivity index (χ3v) is 2.80. The van der Waals surface area contributed by atoms with Crippen LogP contribution >= 0.6 is 11.6 Å². The molecule has 1 unspecified atom stereocenters. The van der Waals surface area contributed by atoms with Gasteiger partial charge in [-0.3, -0.25) is 11.3 Å². The van der Waals surface area contributed by atoms with Crippen molar-refractivity contribution < 1.29 is 4.39 Å². The van der Waals surface area contributed by atoms with E-state index in [1.54, 1.807) is 13.1 Å². The number of hydrazine groups is 1. The highest BCUT2D eigenvalue weighted by molar-refractivity contribution is 6.31. The number of nitrogens with zero attached hydrogens (tertiary/aromatic N) is 4. The molecule has 0 aliphatic heterocycles. The van der Waals surface area contributed by atoms with E-state index in [0.717, 1.165) is 0 Å². The molecule has 1 aromatic heterocycles. The van der Waals surface area contributed by atoms with Crippen LogP contribution < -0.4 is 11.3 Å². The predicted molar refractivity (Wildman–Crippen MR) is 64.0 cm³/mol. The number of tetrazole rings is 1. The van der Waals surface area contributed by atoms with Crippen LogP contribution in [0.4, 0.5) is 4.39 Å². The molecule has 2 rings (SSSR count). The molecule has 8 heteroatoms. The molecule has 0 amide bonds. The van der Waals surface area contributed by atoms with E-state index in [0.29, 0.717) is 22.8 Å². The molecule has 1 aromatic carbocycles. The number of nitrogens with two attached hydrogens (primary N) is 1. The number of benzene rings is 1. The average molecular weight is 271 g/mol. The Labute approximate surface area is 108 Å². The second kappa shape index (κ2) is 5.38. The molecule has 0 saturated heterocycles. The quantitative estimate of drug-likeness (QED) is 0.633. The number of hydrogen-bond donors (Lipinski definition) is 2. The van der Waals surface area contributed by atoms with Crippen molar-refractivity contribution in [1.29, 1.82) is 0 Å².